The van der Waals surface area contributed by atoms with E-state index >= 15 is 0 Å². The number of piperidine rings is 1. The molecule has 2 heterocycles. The highest BCUT2D eigenvalue weighted by Crippen LogP contribution is 2.33. The average Bonchev–Trinajstić information content (AvgIpc) is 2.79. The highest BCUT2D eigenvalue weighted by Gasteiger charge is 2.51. The molecule has 1 saturated carbocycles. The van der Waals surface area contributed by atoms with E-state index in [1.54, 1.807) is 4.90 Å². The molecule has 1 aliphatic carbocycles. The zero-order valence-corrected chi connectivity index (χ0v) is 15.6. The van der Waals surface area contributed by atoms with Gasteiger partial charge in [0.05, 0.1) is 0 Å². The molecule has 0 aromatic heterocycles. The van der Waals surface area contributed by atoms with E-state index < -0.39 is 11.6 Å². The quantitative estimate of drug-likeness (QED) is 0.729. The number of carbonyl (C=O) groups excluding carboxylic acids is 3. The predicted octanol–water partition coefficient (Wildman–Crippen LogP) is 1.25. The van der Waals surface area contributed by atoms with Crippen molar-refractivity contribution < 1.29 is 14.4 Å². The zero-order chi connectivity index (χ0) is 17.3. The van der Waals surface area contributed by atoms with E-state index in [1.807, 2.05) is 6.92 Å². The van der Waals surface area contributed by atoms with Crippen molar-refractivity contribution in [3.63, 3.8) is 0 Å². The van der Waals surface area contributed by atoms with Gasteiger partial charge in [0.25, 0.3) is 5.91 Å². The molecule has 0 aromatic carbocycles. The summed E-state index contributed by atoms with van der Waals surface area (Å²) in [6.45, 7) is 3.10. The van der Waals surface area contributed by atoms with E-state index in [9.17, 15) is 14.4 Å². The largest absolute Gasteiger partial charge is 0.341 e. The van der Waals surface area contributed by atoms with Crippen LogP contribution in [0.3, 0.4) is 0 Å². The number of nitrogens with two attached hydrogens (primary N) is 1. The molecule has 8 heteroatoms. The van der Waals surface area contributed by atoms with Crippen molar-refractivity contribution in [3.05, 3.63) is 0 Å². The molecule has 1 spiro atoms. The van der Waals surface area contributed by atoms with Gasteiger partial charge in [0.2, 0.25) is 5.91 Å². The lowest BCUT2D eigenvalue weighted by molar-refractivity contribution is -0.140. The van der Waals surface area contributed by atoms with E-state index in [1.165, 1.54) is 0 Å². The Labute approximate surface area is 155 Å². The molecular formula is C17H29ClN4O3. The number of halogens is 1. The van der Waals surface area contributed by atoms with Gasteiger partial charge in [-0.15, -0.1) is 12.4 Å². The third-order valence-electron chi connectivity index (χ3n) is 5.80. The third-order valence-corrected chi connectivity index (χ3v) is 5.80. The summed E-state index contributed by atoms with van der Waals surface area (Å²) in [7, 11) is 0. The minimum atomic E-state index is -0.758. The molecule has 142 valence electrons. The first-order valence-electron chi connectivity index (χ1n) is 9.10. The summed E-state index contributed by atoms with van der Waals surface area (Å²) in [4.78, 5) is 40.5. The highest BCUT2D eigenvalue weighted by atomic mass is 35.5. The number of nitrogens with zero attached hydrogens (tertiary/aromatic N) is 2. The van der Waals surface area contributed by atoms with Crippen molar-refractivity contribution in [1.82, 2.24) is 15.1 Å². The minimum absolute atomic E-state index is 0. The van der Waals surface area contributed by atoms with Crippen molar-refractivity contribution in [1.29, 1.82) is 0 Å². The lowest BCUT2D eigenvalue weighted by Crippen LogP contribution is -2.50. The number of hydrogen-bond donors (Lipinski definition) is 2. The fourth-order valence-corrected chi connectivity index (χ4v) is 4.21. The van der Waals surface area contributed by atoms with Gasteiger partial charge in [-0.1, -0.05) is 19.3 Å². The molecule has 3 aliphatic rings. The SMILES string of the molecule is CC(N)C1CCCN(C(=O)CN2C(=O)NC3(CCCCC3)C2=O)C1.Cl. The zero-order valence-electron chi connectivity index (χ0n) is 14.8. The number of urea groups is 1. The van der Waals surface area contributed by atoms with Gasteiger partial charge in [0, 0.05) is 19.1 Å². The molecule has 3 rings (SSSR count). The lowest BCUT2D eigenvalue weighted by Gasteiger charge is -2.35. The Kier molecular flexibility index (Phi) is 6.32. The van der Waals surface area contributed by atoms with Crippen LogP contribution in [0.2, 0.25) is 0 Å². The predicted molar refractivity (Wildman–Crippen MR) is 96.3 cm³/mol. The molecule has 2 unspecified atom stereocenters. The molecule has 2 saturated heterocycles. The number of carbonyl (C=O) groups is 3. The van der Waals surface area contributed by atoms with Crippen molar-refractivity contribution in [3.8, 4) is 0 Å². The van der Waals surface area contributed by atoms with Gasteiger partial charge in [-0.3, -0.25) is 14.5 Å². The molecule has 0 aromatic rings. The molecular weight excluding hydrogens is 344 g/mol. The van der Waals surface area contributed by atoms with Gasteiger partial charge >= 0.3 is 6.03 Å². The van der Waals surface area contributed by atoms with Crippen LogP contribution in [0.4, 0.5) is 4.79 Å². The molecule has 0 bridgehead atoms. The Morgan fingerprint density at radius 2 is 1.96 bits per heavy atom. The van der Waals surface area contributed by atoms with Crippen molar-refractivity contribution in [2.24, 2.45) is 11.7 Å². The number of amides is 4. The monoisotopic (exact) mass is 372 g/mol. The second-order valence-corrected chi connectivity index (χ2v) is 7.57. The van der Waals surface area contributed by atoms with E-state index in [0.717, 1.165) is 37.0 Å². The van der Waals surface area contributed by atoms with Crippen LogP contribution in [0.15, 0.2) is 0 Å². The topological polar surface area (TPSA) is 95.7 Å². The normalized spacial score (nSPS) is 27.0. The number of imide groups is 1. The van der Waals surface area contributed by atoms with Crippen LogP contribution < -0.4 is 11.1 Å². The van der Waals surface area contributed by atoms with Crippen LogP contribution in [-0.4, -0.2) is 58.9 Å². The summed E-state index contributed by atoms with van der Waals surface area (Å²) in [5.41, 5.74) is 5.21. The number of hydrogen-bond acceptors (Lipinski definition) is 4. The lowest BCUT2D eigenvalue weighted by atomic mass is 9.82. The maximum atomic E-state index is 12.7. The Balaban J connectivity index is 0.00000225. The Morgan fingerprint density at radius 1 is 1.28 bits per heavy atom. The first-order valence-corrected chi connectivity index (χ1v) is 9.10. The average molecular weight is 373 g/mol. The van der Waals surface area contributed by atoms with Gasteiger partial charge < -0.3 is 16.0 Å². The second-order valence-electron chi connectivity index (χ2n) is 7.57. The van der Waals surface area contributed by atoms with Gasteiger partial charge in [0.15, 0.2) is 0 Å². The smallest absolute Gasteiger partial charge is 0.325 e. The molecule has 3 fully saturated rings. The second kappa shape index (κ2) is 7.91. The molecule has 4 amide bonds. The number of likely N-dealkylation sites (tertiary alicyclic amines) is 1. The van der Waals surface area contributed by atoms with E-state index in [2.05, 4.69) is 5.32 Å². The third kappa shape index (κ3) is 3.92. The van der Waals surface area contributed by atoms with Crippen LogP contribution in [0.1, 0.15) is 51.9 Å². The minimum Gasteiger partial charge on any atom is -0.341 e. The first-order chi connectivity index (χ1) is 11.4. The molecule has 2 atom stereocenters. The maximum absolute atomic E-state index is 12.7. The Morgan fingerprint density at radius 3 is 2.60 bits per heavy atom. The Hall–Kier alpha value is -1.34. The van der Waals surface area contributed by atoms with Crippen molar-refractivity contribution in [2.75, 3.05) is 19.6 Å². The van der Waals surface area contributed by atoms with Crippen LogP contribution in [-0.2, 0) is 9.59 Å². The molecule has 7 nitrogen and oxygen atoms in total. The van der Waals surface area contributed by atoms with Crippen LogP contribution >= 0.6 is 12.4 Å². The standard InChI is InChI=1S/C17H28N4O3.ClH/c1-12(18)13-6-5-9-20(10-13)14(22)11-21-15(23)17(19-16(21)24)7-3-2-4-8-17;/h12-13H,2-11,18H2,1H3,(H,19,24);1H. The summed E-state index contributed by atoms with van der Waals surface area (Å²) in [5, 5.41) is 2.85. The summed E-state index contributed by atoms with van der Waals surface area (Å²) in [6, 6.07) is -0.376. The maximum Gasteiger partial charge on any atom is 0.325 e. The summed E-state index contributed by atoms with van der Waals surface area (Å²) < 4.78 is 0. The van der Waals surface area contributed by atoms with E-state index in [4.69, 9.17) is 5.73 Å². The van der Waals surface area contributed by atoms with Gasteiger partial charge in [-0.2, -0.15) is 0 Å². The van der Waals surface area contributed by atoms with Gasteiger partial charge in [-0.05, 0) is 38.5 Å². The van der Waals surface area contributed by atoms with Crippen LogP contribution in [0, 0.1) is 5.92 Å². The van der Waals surface area contributed by atoms with Gasteiger partial charge in [-0.25, -0.2) is 4.79 Å². The van der Waals surface area contributed by atoms with Crippen molar-refractivity contribution >= 4 is 30.3 Å². The van der Waals surface area contributed by atoms with Crippen LogP contribution in [0.25, 0.3) is 0 Å². The molecule has 2 aliphatic heterocycles. The fraction of sp³-hybridized carbons (Fsp3) is 0.824. The Bertz CT molecular complexity index is 534. The molecule has 3 N–H and O–H groups in total. The van der Waals surface area contributed by atoms with Gasteiger partial charge in [0.1, 0.15) is 12.1 Å². The highest BCUT2D eigenvalue weighted by molar-refractivity contribution is 6.09. The van der Waals surface area contributed by atoms with Crippen molar-refractivity contribution in [2.45, 2.75) is 63.5 Å². The fourth-order valence-electron chi connectivity index (χ4n) is 4.21. The van der Waals surface area contributed by atoms with Crippen LogP contribution in [0.5, 0.6) is 0 Å². The summed E-state index contributed by atoms with van der Waals surface area (Å²) >= 11 is 0. The summed E-state index contributed by atoms with van der Waals surface area (Å²) in [5.74, 6) is -0.0893. The summed E-state index contributed by atoms with van der Waals surface area (Å²) in [6.07, 6.45) is 6.27. The molecule has 0 radical (unpaired) electrons. The molecule has 25 heavy (non-hydrogen) atoms. The number of rotatable bonds is 3. The van der Waals surface area contributed by atoms with E-state index in [0.29, 0.717) is 25.9 Å². The number of nitrogens with one attached hydrogen (secondary N) is 1. The van der Waals surface area contributed by atoms with E-state index in [-0.39, 0.29) is 42.7 Å². The first kappa shape index (κ1) is 20.0.